The Kier molecular flexibility index (Phi) is 5.91. The van der Waals surface area contributed by atoms with Crippen molar-refractivity contribution in [1.82, 2.24) is 4.90 Å². The van der Waals surface area contributed by atoms with E-state index in [0.29, 0.717) is 5.92 Å². The van der Waals surface area contributed by atoms with Gasteiger partial charge in [0.1, 0.15) is 0 Å². The summed E-state index contributed by atoms with van der Waals surface area (Å²) >= 11 is 4.24. The van der Waals surface area contributed by atoms with Crippen LogP contribution in [-0.2, 0) is 0 Å². The molecule has 2 rings (SSSR count). The zero-order chi connectivity index (χ0) is 10.7. The minimum Gasteiger partial charge on any atom is -0.391 e. The molecule has 0 aliphatic carbocycles. The standard InChI is InChI=1S/C9H17NO2.I2/c1-6-5-10-4-2-3-7(11)8(10)9(6)12;1-2/h6-9,11-12H,2-5H2,1H3;. The summed E-state index contributed by atoms with van der Waals surface area (Å²) in [5.41, 5.74) is 0. The number of piperidine rings is 1. The highest BCUT2D eigenvalue weighted by Gasteiger charge is 2.43. The average Bonchev–Trinajstić information content (AvgIpc) is 2.47. The SMILES string of the molecule is CC1CN2CCCC(O)C2C1O.II. The summed E-state index contributed by atoms with van der Waals surface area (Å²) in [5, 5.41) is 19.4. The van der Waals surface area contributed by atoms with E-state index in [4.69, 9.17) is 0 Å². The Balaban J connectivity index is 0.000000461. The number of nitrogens with zero attached hydrogens (tertiary/aromatic N) is 1. The van der Waals surface area contributed by atoms with Crippen LogP contribution in [0.3, 0.4) is 0 Å². The van der Waals surface area contributed by atoms with Crippen LogP contribution in [0.2, 0.25) is 0 Å². The summed E-state index contributed by atoms with van der Waals surface area (Å²) in [6.07, 6.45) is 1.29. The number of fused-ring (bicyclic) bond motifs is 1. The summed E-state index contributed by atoms with van der Waals surface area (Å²) < 4.78 is 0. The van der Waals surface area contributed by atoms with E-state index >= 15 is 0 Å². The molecule has 2 aliphatic rings. The van der Waals surface area contributed by atoms with Gasteiger partial charge in [0.05, 0.1) is 18.2 Å². The van der Waals surface area contributed by atoms with Crippen molar-refractivity contribution in [2.24, 2.45) is 5.92 Å². The average molecular weight is 425 g/mol. The Hall–Kier alpha value is 1.34. The number of rotatable bonds is 0. The van der Waals surface area contributed by atoms with Crippen LogP contribution in [0.5, 0.6) is 0 Å². The highest BCUT2D eigenvalue weighted by molar-refractivity contribution is 15.0. The molecular weight excluding hydrogens is 408 g/mol. The first kappa shape index (κ1) is 13.4. The summed E-state index contributed by atoms with van der Waals surface area (Å²) in [4.78, 5) is 2.23. The van der Waals surface area contributed by atoms with Gasteiger partial charge in [-0.1, -0.05) is 6.92 Å². The topological polar surface area (TPSA) is 43.7 Å². The Labute approximate surface area is 109 Å². The van der Waals surface area contributed by atoms with Gasteiger partial charge in [-0.3, -0.25) is 4.90 Å². The molecule has 4 atom stereocenters. The number of hydrogen-bond donors (Lipinski definition) is 2. The van der Waals surface area contributed by atoms with Crippen molar-refractivity contribution in [2.75, 3.05) is 13.1 Å². The molecule has 2 fully saturated rings. The maximum absolute atomic E-state index is 9.76. The van der Waals surface area contributed by atoms with Crippen LogP contribution in [-0.4, -0.2) is 46.5 Å². The molecule has 0 radical (unpaired) electrons. The molecule has 0 aromatic rings. The number of hydrogen-bond acceptors (Lipinski definition) is 3. The Morgan fingerprint density at radius 2 is 1.93 bits per heavy atom. The van der Waals surface area contributed by atoms with Gasteiger partial charge in [-0.15, -0.1) is 0 Å². The second-order valence-electron chi connectivity index (χ2n) is 4.16. The zero-order valence-electron chi connectivity index (χ0n) is 8.24. The Morgan fingerprint density at radius 3 is 2.50 bits per heavy atom. The molecule has 2 saturated heterocycles. The van der Waals surface area contributed by atoms with Crippen LogP contribution in [0.4, 0.5) is 0 Å². The van der Waals surface area contributed by atoms with E-state index < -0.39 is 0 Å². The molecule has 2 heterocycles. The fraction of sp³-hybridized carbons (Fsp3) is 1.00. The normalized spacial score (nSPS) is 42.6. The summed E-state index contributed by atoms with van der Waals surface area (Å²) in [7, 11) is 0. The first-order valence-corrected chi connectivity index (χ1v) is 11.2. The van der Waals surface area contributed by atoms with Gasteiger partial charge < -0.3 is 10.2 Å². The third-order valence-corrected chi connectivity index (χ3v) is 3.22. The van der Waals surface area contributed by atoms with E-state index in [1.165, 1.54) is 0 Å². The van der Waals surface area contributed by atoms with Gasteiger partial charge in [-0.05, 0) is 25.3 Å². The third-order valence-electron chi connectivity index (χ3n) is 3.22. The molecule has 0 amide bonds. The molecule has 4 unspecified atom stereocenters. The van der Waals surface area contributed by atoms with Crippen LogP contribution in [0.15, 0.2) is 0 Å². The first-order chi connectivity index (χ1) is 6.70. The van der Waals surface area contributed by atoms with Crippen LogP contribution < -0.4 is 0 Å². The van der Waals surface area contributed by atoms with Crippen molar-refractivity contribution in [3.8, 4) is 0 Å². The van der Waals surface area contributed by atoms with E-state index in [2.05, 4.69) is 49.1 Å². The summed E-state index contributed by atoms with van der Waals surface area (Å²) in [6, 6.07) is 0.0220. The monoisotopic (exact) mass is 425 g/mol. The van der Waals surface area contributed by atoms with Gasteiger partial charge in [0.25, 0.3) is 0 Å². The van der Waals surface area contributed by atoms with Crippen LogP contribution in [0.25, 0.3) is 0 Å². The number of halogens is 2. The first-order valence-electron chi connectivity index (χ1n) is 4.94. The van der Waals surface area contributed by atoms with Gasteiger partial charge in [0.15, 0.2) is 0 Å². The number of aliphatic hydroxyl groups is 2. The Morgan fingerprint density at radius 1 is 1.29 bits per heavy atom. The fourth-order valence-electron chi connectivity index (χ4n) is 2.54. The van der Waals surface area contributed by atoms with Crippen molar-refractivity contribution in [3.63, 3.8) is 0 Å². The molecule has 84 valence electrons. The Bertz CT molecular complexity index is 182. The predicted octanol–water partition coefficient (Wildman–Crippen LogP) is 1.59. The predicted molar refractivity (Wildman–Crippen MR) is 73.8 cm³/mol. The highest BCUT2D eigenvalue weighted by atomic mass is 128. The lowest BCUT2D eigenvalue weighted by Crippen LogP contribution is -2.48. The van der Waals surface area contributed by atoms with Gasteiger partial charge in [-0.2, -0.15) is 0 Å². The maximum Gasteiger partial charge on any atom is 0.0758 e. The van der Waals surface area contributed by atoms with E-state index in [9.17, 15) is 10.2 Å². The van der Waals surface area contributed by atoms with Crippen molar-refractivity contribution < 1.29 is 10.2 Å². The second kappa shape index (κ2) is 6.17. The quantitative estimate of drug-likeness (QED) is 0.580. The molecule has 0 spiro atoms. The van der Waals surface area contributed by atoms with E-state index in [-0.39, 0.29) is 18.2 Å². The van der Waals surface area contributed by atoms with Gasteiger partial charge in [0.2, 0.25) is 0 Å². The largest absolute Gasteiger partial charge is 0.391 e. The van der Waals surface area contributed by atoms with Crippen LogP contribution >= 0.6 is 37.2 Å². The van der Waals surface area contributed by atoms with Gasteiger partial charge >= 0.3 is 0 Å². The van der Waals surface area contributed by atoms with Crippen molar-refractivity contribution >= 4 is 37.2 Å². The molecule has 0 bridgehead atoms. The van der Waals surface area contributed by atoms with E-state index in [1.807, 2.05) is 0 Å². The molecular formula is C9H17I2NO2. The molecule has 0 saturated carbocycles. The molecule has 3 nitrogen and oxygen atoms in total. The third kappa shape index (κ3) is 2.72. The molecule has 2 N–H and O–H groups in total. The van der Waals surface area contributed by atoms with Gasteiger partial charge in [0, 0.05) is 43.8 Å². The molecule has 5 heteroatoms. The van der Waals surface area contributed by atoms with Crippen molar-refractivity contribution in [2.45, 2.75) is 38.0 Å². The van der Waals surface area contributed by atoms with Crippen LogP contribution in [0, 0.1) is 5.92 Å². The van der Waals surface area contributed by atoms with Crippen molar-refractivity contribution in [1.29, 1.82) is 0 Å². The molecule has 14 heavy (non-hydrogen) atoms. The fourth-order valence-corrected chi connectivity index (χ4v) is 2.54. The minimum atomic E-state index is -0.319. The van der Waals surface area contributed by atoms with E-state index in [0.717, 1.165) is 25.9 Å². The lowest BCUT2D eigenvalue weighted by molar-refractivity contribution is -0.0164. The maximum atomic E-state index is 9.76. The summed E-state index contributed by atoms with van der Waals surface area (Å²) in [5.74, 6) is 0.322. The molecule has 0 aromatic carbocycles. The second-order valence-corrected chi connectivity index (χ2v) is 4.16. The number of aliphatic hydroxyl groups excluding tert-OH is 2. The summed E-state index contributed by atoms with van der Waals surface area (Å²) in [6.45, 7) is 4.04. The van der Waals surface area contributed by atoms with Crippen LogP contribution in [0.1, 0.15) is 19.8 Å². The van der Waals surface area contributed by atoms with Gasteiger partial charge in [-0.25, -0.2) is 0 Å². The minimum absolute atomic E-state index is 0.0220. The van der Waals surface area contributed by atoms with E-state index in [1.54, 1.807) is 0 Å². The zero-order valence-corrected chi connectivity index (χ0v) is 12.6. The molecule has 0 aromatic heterocycles. The smallest absolute Gasteiger partial charge is 0.0758 e. The molecule has 2 aliphatic heterocycles. The van der Waals surface area contributed by atoms with Crippen molar-refractivity contribution in [3.05, 3.63) is 0 Å². The lowest BCUT2D eigenvalue weighted by atomic mass is 9.95. The lowest BCUT2D eigenvalue weighted by Gasteiger charge is -2.34. The highest BCUT2D eigenvalue weighted by Crippen LogP contribution is 2.30.